The number of halogens is 2. The Balaban J connectivity index is 2.22. The highest BCUT2D eigenvalue weighted by Gasteiger charge is 2.14. The monoisotopic (exact) mass is 283 g/mol. The Morgan fingerprint density at radius 3 is 2.53 bits per heavy atom. The quantitative estimate of drug-likeness (QED) is 0.287. The van der Waals surface area contributed by atoms with Gasteiger partial charge in [-0.25, -0.2) is 10.2 Å². The molecule has 1 fully saturated rings. The molecule has 0 aliphatic heterocycles. The Kier molecular flexibility index (Phi) is 5.16. The van der Waals surface area contributed by atoms with E-state index < -0.39 is 5.82 Å². The van der Waals surface area contributed by atoms with Crippen LogP contribution in [0.4, 0.5) is 4.39 Å². The fourth-order valence-corrected chi connectivity index (χ4v) is 2.59. The zero-order chi connectivity index (χ0) is 13.7. The van der Waals surface area contributed by atoms with Crippen LogP contribution in [0.1, 0.15) is 44.1 Å². The predicted molar refractivity (Wildman–Crippen MR) is 76.8 cm³/mol. The molecule has 0 bridgehead atoms. The lowest BCUT2D eigenvalue weighted by Gasteiger charge is -2.13. The summed E-state index contributed by atoms with van der Waals surface area (Å²) in [6, 6.07) is 4.74. The number of rotatable bonds is 2. The van der Waals surface area contributed by atoms with E-state index in [9.17, 15) is 4.39 Å². The highest BCUT2D eigenvalue weighted by Crippen LogP contribution is 2.21. The molecule has 0 heterocycles. The Bertz CT molecular complexity index is 454. The number of nitrogens with two attached hydrogens (primary N) is 1. The second-order valence-electron chi connectivity index (χ2n) is 4.89. The van der Waals surface area contributed by atoms with Crippen LogP contribution in [0, 0.1) is 5.82 Å². The zero-order valence-corrected chi connectivity index (χ0v) is 11.6. The van der Waals surface area contributed by atoms with Gasteiger partial charge in [0.25, 0.3) is 0 Å². The maximum atomic E-state index is 13.9. The van der Waals surface area contributed by atoms with Gasteiger partial charge in [-0.15, -0.1) is 0 Å². The first-order chi connectivity index (χ1) is 9.20. The van der Waals surface area contributed by atoms with E-state index in [0.29, 0.717) is 16.4 Å². The van der Waals surface area contributed by atoms with Gasteiger partial charge in [0.05, 0.1) is 11.6 Å². The van der Waals surface area contributed by atoms with Crippen LogP contribution in [0.3, 0.4) is 0 Å². The van der Waals surface area contributed by atoms with Crippen molar-refractivity contribution in [2.75, 3.05) is 0 Å². The number of nitrogens with zero attached hydrogens (tertiary/aromatic N) is 1. The van der Waals surface area contributed by atoms with Gasteiger partial charge in [-0.2, -0.15) is 0 Å². The summed E-state index contributed by atoms with van der Waals surface area (Å²) in [6.45, 7) is 0. The van der Waals surface area contributed by atoms with E-state index in [1.54, 1.807) is 12.1 Å². The molecular weight excluding hydrogens is 265 g/mol. The first-order valence-electron chi connectivity index (χ1n) is 6.70. The third kappa shape index (κ3) is 3.91. The van der Waals surface area contributed by atoms with E-state index in [1.807, 2.05) is 0 Å². The molecule has 1 saturated carbocycles. The highest BCUT2D eigenvalue weighted by molar-refractivity contribution is 6.30. The molecule has 1 aromatic carbocycles. The van der Waals surface area contributed by atoms with Gasteiger partial charge >= 0.3 is 0 Å². The number of benzene rings is 1. The number of aliphatic imine (C=N–C) groups is 1. The molecule has 1 aliphatic rings. The van der Waals surface area contributed by atoms with E-state index in [2.05, 4.69) is 10.4 Å². The van der Waals surface area contributed by atoms with Gasteiger partial charge in [-0.3, -0.25) is 4.99 Å². The smallest absolute Gasteiger partial charge is 0.145 e. The molecule has 1 aliphatic carbocycles. The Labute approximate surface area is 118 Å². The lowest BCUT2D eigenvalue weighted by atomic mass is 10.1. The molecule has 104 valence electrons. The summed E-state index contributed by atoms with van der Waals surface area (Å²) in [7, 11) is 0. The van der Waals surface area contributed by atoms with Gasteiger partial charge in [0.1, 0.15) is 11.7 Å². The van der Waals surface area contributed by atoms with Crippen molar-refractivity contribution in [1.29, 1.82) is 0 Å². The van der Waals surface area contributed by atoms with Gasteiger partial charge in [-0.1, -0.05) is 37.3 Å². The summed E-state index contributed by atoms with van der Waals surface area (Å²) < 4.78 is 13.9. The minimum atomic E-state index is -0.405. The van der Waals surface area contributed by atoms with Crippen LogP contribution in [-0.2, 0) is 0 Å². The molecular formula is C14H19ClFN3. The first kappa shape index (κ1) is 14.3. The summed E-state index contributed by atoms with van der Waals surface area (Å²) in [5.74, 6) is 5.49. The van der Waals surface area contributed by atoms with Crippen molar-refractivity contribution in [3.8, 4) is 0 Å². The maximum absolute atomic E-state index is 13.9. The lowest BCUT2D eigenvalue weighted by Crippen LogP contribution is -2.33. The van der Waals surface area contributed by atoms with Crippen molar-refractivity contribution < 1.29 is 4.39 Å². The van der Waals surface area contributed by atoms with Gasteiger partial charge in [-0.05, 0) is 31.0 Å². The molecule has 0 spiro atoms. The SMILES string of the molecule is NNC(=NC1CCCCCC1)c1ccc(Cl)cc1F. The van der Waals surface area contributed by atoms with Crippen LogP contribution >= 0.6 is 11.6 Å². The Morgan fingerprint density at radius 2 is 1.95 bits per heavy atom. The number of hydrogen-bond donors (Lipinski definition) is 2. The van der Waals surface area contributed by atoms with Crippen LogP contribution in [-0.4, -0.2) is 11.9 Å². The number of hydrazine groups is 1. The average Bonchev–Trinajstić information content (AvgIpc) is 2.65. The van der Waals surface area contributed by atoms with E-state index in [-0.39, 0.29) is 6.04 Å². The third-order valence-corrected chi connectivity index (χ3v) is 3.69. The molecule has 19 heavy (non-hydrogen) atoms. The average molecular weight is 284 g/mol. The summed E-state index contributed by atoms with van der Waals surface area (Å²) in [5.41, 5.74) is 2.88. The minimum Gasteiger partial charge on any atom is -0.308 e. The third-order valence-electron chi connectivity index (χ3n) is 3.46. The molecule has 2 rings (SSSR count). The van der Waals surface area contributed by atoms with E-state index >= 15 is 0 Å². The Hall–Kier alpha value is -1.13. The molecule has 0 radical (unpaired) electrons. The largest absolute Gasteiger partial charge is 0.308 e. The van der Waals surface area contributed by atoms with Crippen molar-refractivity contribution in [3.63, 3.8) is 0 Å². The van der Waals surface area contributed by atoms with Crippen LogP contribution in [0.15, 0.2) is 23.2 Å². The van der Waals surface area contributed by atoms with E-state index in [1.165, 1.54) is 31.7 Å². The summed E-state index contributed by atoms with van der Waals surface area (Å²) in [4.78, 5) is 4.57. The molecule has 0 atom stereocenters. The topological polar surface area (TPSA) is 50.4 Å². The minimum absolute atomic E-state index is 0.226. The molecule has 1 aromatic rings. The van der Waals surface area contributed by atoms with Gasteiger partial charge in [0.2, 0.25) is 0 Å². The second-order valence-corrected chi connectivity index (χ2v) is 5.33. The predicted octanol–water partition coefficient (Wildman–Crippen LogP) is 3.41. The molecule has 0 saturated heterocycles. The van der Waals surface area contributed by atoms with Gasteiger partial charge in [0.15, 0.2) is 0 Å². The fraction of sp³-hybridized carbons (Fsp3) is 0.500. The van der Waals surface area contributed by atoms with E-state index in [4.69, 9.17) is 17.4 Å². The Morgan fingerprint density at radius 1 is 1.26 bits per heavy atom. The van der Waals surface area contributed by atoms with Crippen molar-refractivity contribution in [3.05, 3.63) is 34.6 Å². The van der Waals surface area contributed by atoms with Crippen LogP contribution < -0.4 is 11.3 Å². The van der Waals surface area contributed by atoms with Gasteiger partial charge < -0.3 is 5.43 Å². The molecule has 0 unspecified atom stereocenters. The second kappa shape index (κ2) is 6.87. The van der Waals surface area contributed by atoms with Gasteiger partial charge in [0, 0.05) is 5.02 Å². The molecule has 3 nitrogen and oxygen atoms in total. The van der Waals surface area contributed by atoms with Crippen molar-refractivity contribution in [2.45, 2.75) is 44.6 Å². The molecule has 3 N–H and O–H groups in total. The normalized spacial score (nSPS) is 18.2. The molecule has 5 heteroatoms. The van der Waals surface area contributed by atoms with Crippen LogP contribution in [0.2, 0.25) is 5.02 Å². The van der Waals surface area contributed by atoms with Crippen molar-refractivity contribution in [2.24, 2.45) is 10.8 Å². The van der Waals surface area contributed by atoms with Crippen LogP contribution in [0.25, 0.3) is 0 Å². The zero-order valence-electron chi connectivity index (χ0n) is 10.8. The number of hydrogen-bond acceptors (Lipinski definition) is 2. The van der Waals surface area contributed by atoms with Crippen LogP contribution in [0.5, 0.6) is 0 Å². The summed E-state index contributed by atoms with van der Waals surface area (Å²) in [5, 5.41) is 0.368. The summed E-state index contributed by atoms with van der Waals surface area (Å²) in [6.07, 6.45) is 6.95. The summed E-state index contributed by atoms with van der Waals surface area (Å²) >= 11 is 5.75. The van der Waals surface area contributed by atoms with E-state index in [0.717, 1.165) is 12.8 Å². The fourth-order valence-electron chi connectivity index (χ4n) is 2.44. The maximum Gasteiger partial charge on any atom is 0.145 e. The highest BCUT2D eigenvalue weighted by atomic mass is 35.5. The lowest BCUT2D eigenvalue weighted by molar-refractivity contribution is 0.581. The van der Waals surface area contributed by atoms with Crippen molar-refractivity contribution >= 4 is 17.4 Å². The number of nitrogens with one attached hydrogen (secondary N) is 1. The molecule has 0 aromatic heterocycles. The molecule has 0 amide bonds. The van der Waals surface area contributed by atoms with Crippen molar-refractivity contribution in [1.82, 2.24) is 5.43 Å². The number of amidine groups is 1. The first-order valence-corrected chi connectivity index (χ1v) is 7.08. The standard InChI is InChI=1S/C14H19ClFN3/c15-10-7-8-12(13(16)9-10)14(19-17)18-11-5-3-1-2-4-6-11/h7-9,11H,1-6,17H2,(H,18,19).